The Morgan fingerprint density at radius 1 is 1.19 bits per heavy atom. The molecule has 0 fully saturated rings. The van der Waals surface area contributed by atoms with Crippen LogP contribution < -0.4 is 15.4 Å². The third-order valence-electron chi connectivity index (χ3n) is 3.23. The highest BCUT2D eigenvalue weighted by atomic mass is 127. The van der Waals surface area contributed by atoms with Crippen LogP contribution in [0, 0.1) is 0 Å². The van der Waals surface area contributed by atoms with Gasteiger partial charge in [-0.1, -0.05) is 29.3 Å². The molecule has 0 saturated heterocycles. The van der Waals surface area contributed by atoms with Crippen molar-refractivity contribution in [1.29, 1.82) is 0 Å². The molecular formula is C18H23Cl2IN4O. The fraction of sp³-hybridized carbons (Fsp3) is 0.333. The molecule has 1 heterocycles. The number of guanidine groups is 1. The van der Waals surface area contributed by atoms with Crippen LogP contribution in [0.2, 0.25) is 10.0 Å². The van der Waals surface area contributed by atoms with Crippen molar-refractivity contribution in [2.75, 3.05) is 19.7 Å². The summed E-state index contributed by atoms with van der Waals surface area (Å²) in [4.78, 5) is 8.78. The maximum absolute atomic E-state index is 6.07. The minimum Gasteiger partial charge on any atom is -0.492 e. The van der Waals surface area contributed by atoms with Gasteiger partial charge in [0.05, 0.1) is 23.9 Å². The molecule has 1 aromatic heterocycles. The molecule has 2 rings (SSSR count). The number of benzene rings is 1. The molecular weight excluding hydrogens is 486 g/mol. The number of ether oxygens (including phenoxy) is 1. The van der Waals surface area contributed by atoms with Gasteiger partial charge in [0.15, 0.2) is 5.96 Å². The molecule has 0 amide bonds. The number of pyridine rings is 1. The van der Waals surface area contributed by atoms with E-state index in [4.69, 9.17) is 27.9 Å². The van der Waals surface area contributed by atoms with Crippen molar-refractivity contribution < 1.29 is 4.74 Å². The summed E-state index contributed by atoms with van der Waals surface area (Å²) in [7, 11) is 0. The molecule has 142 valence electrons. The van der Waals surface area contributed by atoms with E-state index in [1.807, 2.05) is 25.1 Å². The van der Waals surface area contributed by atoms with E-state index in [2.05, 4.69) is 20.6 Å². The Hall–Kier alpha value is -1.25. The summed E-state index contributed by atoms with van der Waals surface area (Å²) in [5.74, 6) is 1.40. The second kappa shape index (κ2) is 13.0. The average Bonchev–Trinajstić information content (AvgIpc) is 2.62. The SMILES string of the molecule is CCNC(=NCc1ccccn1)NCCCOc1ccc(Cl)cc1Cl.I. The van der Waals surface area contributed by atoms with Gasteiger partial charge in [0.1, 0.15) is 5.75 Å². The molecule has 5 nitrogen and oxygen atoms in total. The highest BCUT2D eigenvalue weighted by Crippen LogP contribution is 2.27. The van der Waals surface area contributed by atoms with E-state index in [9.17, 15) is 0 Å². The summed E-state index contributed by atoms with van der Waals surface area (Å²) < 4.78 is 5.66. The maximum Gasteiger partial charge on any atom is 0.191 e. The lowest BCUT2D eigenvalue weighted by molar-refractivity contribution is 0.311. The zero-order valence-corrected chi connectivity index (χ0v) is 18.4. The van der Waals surface area contributed by atoms with Gasteiger partial charge < -0.3 is 15.4 Å². The minimum atomic E-state index is 0. The monoisotopic (exact) mass is 508 g/mol. The van der Waals surface area contributed by atoms with Crippen molar-refractivity contribution in [3.05, 3.63) is 58.3 Å². The lowest BCUT2D eigenvalue weighted by Crippen LogP contribution is -2.38. The third-order valence-corrected chi connectivity index (χ3v) is 3.77. The van der Waals surface area contributed by atoms with Crippen LogP contribution in [0.1, 0.15) is 19.0 Å². The molecule has 0 radical (unpaired) electrons. The fourth-order valence-corrected chi connectivity index (χ4v) is 2.51. The van der Waals surface area contributed by atoms with Crippen LogP contribution in [0.4, 0.5) is 0 Å². The van der Waals surface area contributed by atoms with Gasteiger partial charge in [0.25, 0.3) is 0 Å². The summed E-state index contributed by atoms with van der Waals surface area (Å²) in [6, 6.07) is 11.0. The molecule has 0 aliphatic rings. The quantitative estimate of drug-likeness (QED) is 0.238. The molecule has 1 aromatic carbocycles. The molecule has 0 atom stereocenters. The van der Waals surface area contributed by atoms with Crippen molar-refractivity contribution in [3.8, 4) is 5.75 Å². The van der Waals surface area contributed by atoms with Gasteiger partial charge in [-0.05, 0) is 43.7 Å². The molecule has 0 aliphatic carbocycles. The van der Waals surface area contributed by atoms with E-state index in [-0.39, 0.29) is 24.0 Å². The molecule has 0 aliphatic heterocycles. The molecule has 0 bridgehead atoms. The Morgan fingerprint density at radius 2 is 2.04 bits per heavy atom. The molecule has 2 N–H and O–H groups in total. The Balaban J connectivity index is 0.00000338. The van der Waals surface area contributed by atoms with Crippen LogP contribution in [-0.2, 0) is 6.54 Å². The largest absolute Gasteiger partial charge is 0.492 e. The average molecular weight is 509 g/mol. The van der Waals surface area contributed by atoms with E-state index in [0.717, 1.165) is 31.2 Å². The summed E-state index contributed by atoms with van der Waals surface area (Å²) in [6.45, 7) is 4.65. The zero-order chi connectivity index (χ0) is 17.9. The van der Waals surface area contributed by atoms with Crippen LogP contribution in [0.25, 0.3) is 0 Å². The van der Waals surface area contributed by atoms with Gasteiger partial charge in [0.2, 0.25) is 0 Å². The normalized spacial score (nSPS) is 10.8. The molecule has 0 spiro atoms. The summed E-state index contributed by atoms with van der Waals surface area (Å²) in [5, 5.41) is 7.60. The van der Waals surface area contributed by atoms with Gasteiger partial charge in [-0.25, -0.2) is 4.99 Å². The Labute approximate surface area is 181 Å². The molecule has 0 saturated carbocycles. The van der Waals surface area contributed by atoms with Crippen LogP contribution in [0.5, 0.6) is 5.75 Å². The van der Waals surface area contributed by atoms with Gasteiger partial charge in [0, 0.05) is 24.3 Å². The Bertz CT molecular complexity index is 686. The number of aliphatic imine (C=N–C) groups is 1. The number of nitrogens with one attached hydrogen (secondary N) is 2. The highest BCUT2D eigenvalue weighted by molar-refractivity contribution is 14.0. The summed E-state index contributed by atoms with van der Waals surface area (Å²) in [6.07, 6.45) is 2.58. The van der Waals surface area contributed by atoms with Crippen LogP contribution in [0.15, 0.2) is 47.6 Å². The summed E-state index contributed by atoms with van der Waals surface area (Å²) >= 11 is 11.9. The number of halogens is 3. The highest BCUT2D eigenvalue weighted by Gasteiger charge is 2.02. The number of hydrogen-bond acceptors (Lipinski definition) is 3. The number of nitrogens with zero attached hydrogens (tertiary/aromatic N) is 2. The predicted octanol–water partition coefficient (Wildman–Crippen LogP) is 4.53. The van der Waals surface area contributed by atoms with Crippen molar-refractivity contribution in [2.24, 2.45) is 4.99 Å². The molecule has 8 heteroatoms. The first-order chi connectivity index (χ1) is 12.2. The van der Waals surface area contributed by atoms with E-state index in [0.29, 0.717) is 28.9 Å². The van der Waals surface area contributed by atoms with E-state index >= 15 is 0 Å². The van der Waals surface area contributed by atoms with Gasteiger partial charge >= 0.3 is 0 Å². The second-order valence-electron chi connectivity index (χ2n) is 5.22. The predicted molar refractivity (Wildman–Crippen MR) is 119 cm³/mol. The Kier molecular flexibility index (Phi) is 11.4. The van der Waals surface area contributed by atoms with E-state index in [1.165, 1.54) is 0 Å². The Morgan fingerprint density at radius 3 is 2.73 bits per heavy atom. The minimum absolute atomic E-state index is 0. The number of rotatable bonds is 8. The van der Waals surface area contributed by atoms with Crippen LogP contribution >= 0.6 is 47.2 Å². The first-order valence-electron chi connectivity index (χ1n) is 8.19. The topological polar surface area (TPSA) is 58.5 Å². The van der Waals surface area contributed by atoms with Crippen LogP contribution in [0.3, 0.4) is 0 Å². The van der Waals surface area contributed by atoms with Crippen molar-refractivity contribution in [2.45, 2.75) is 19.9 Å². The fourth-order valence-electron chi connectivity index (χ4n) is 2.05. The van der Waals surface area contributed by atoms with Gasteiger partial charge in [-0.3, -0.25) is 4.98 Å². The maximum atomic E-state index is 6.07. The molecule has 2 aromatic rings. The van der Waals surface area contributed by atoms with E-state index in [1.54, 1.807) is 24.4 Å². The lowest BCUT2D eigenvalue weighted by Gasteiger charge is -2.12. The summed E-state index contributed by atoms with van der Waals surface area (Å²) in [5.41, 5.74) is 0.931. The molecule has 26 heavy (non-hydrogen) atoms. The molecule has 0 unspecified atom stereocenters. The van der Waals surface area contributed by atoms with Crippen molar-refractivity contribution >= 4 is 53.1 Å². The number of aromatic nitrogens is 1. The first-order valence-corrected chi connectivity index (χ1v) is 8.94. The number of hydrogen-bond donors (Lipinski definition) is 2. The smallest absolute Gasteiger partial charge is 0.191 e. The zero-order valence-electron chi connectivity index (χ0n) is 14.5. The first kappa shape index (κ1) is 22.8. The second-order valence-corrected chi connectivity index (χ2v) is 6.06. The third kappa shape index (κ3) is 8.42. The van der Waals surface area contributed by atoms with Crippen LogP contribution in [-0.4, -0.2) is 30.6 Å². The van der Waals surface area contributed by atoms with E-state index < -0.39 is 0 Å². The van der Waals surface area contributed by atoms with Crippen molar-refractivity contribution in [1.82, 2.24) is 15.6 Å². The van der Waals surface area contributed by atoms with Gasteiger partial charge in [-0.15, -0.1) is 24.0 Å². The lowest BCUT2D eigenvalue weighted by atomic mass is 10.3. The van der Waals surface area contributed by atoms with Gasteiger partial charge in [-0.2, -0.15) is 0 Å². The van der Waals surface area contributed by atoms with Crippen molar-refractivity contribution in [3.63, 3.8) is 0 Å². The standard InChI is InChI=1S/C18H22Cl2N4O.HI/c1-2-21-18(24-13-15-6-3-4-9-22-15)23-10-5-11-25-17-8-7-14(19)12-16(17)20;/h3-4,6-9,12H,2,5,10-11,13H2,1H3,(H2,21,23,24);1H.